The summed E-state index contributed by atoms with van der Waals surface area (Å²) in [5.41, 5.74) is 0.960. The normalized spacial score (nSPS) is 16.2. The summed E-state index contributed by atoms with van der Waals surface area (Å²) in [5.74, 6) is 3.73. The molecule has 6 heteroatoms. The van der Waals surface area contributed by atoms with E-state index in [1.54, 1.807) is 0 Å². The summed E-state index contributed by atoms with van der Waals surface area (Å²) in [5, 5.41) is 11.5. The molecule has 1 aliphatic rings. The maximum Gasteiger partial charge on any atom is 0.247 e. The van der Waals surface area contributed by atoms with Crippen molar-refractivity contribution in [3.05, 3.63) is 36.2 Å². The number of rotatable bonds is 6. The molecule has 0 atom stereocenters. The third kappa shape index (κ3) is 4.30. The van der Waals surface area contributed by atoms with Gasteiger partial charge in [0.15, 0.2) is 0 Å². The third-order valence-corrected chi connectivity index (χ3v) is 4.41. The number of nitrogens with one attached hydrogen (secondary N) is 1. The van der Waals surface area contributed by atoms with Gasteiger partial charge in [-0.2, -0.15) is 11.8 Å². The largest absolute Gasteiger partial charge is 0.419 e. The summed E-state index contributed by atoms with van der Waals surface area (Å²) in [6.07, 6.45) is 0. The molecule has 3 rings (SSSR count). The van der Waals surface area contributed by atoms with Gasteiger partial charge in [0.1, 0.15) is 0 Å². The second kappa shape index (κ2) is 7.59. The van der Waals surface area contributed by atoms with Crippen molar-refractivity contribution in [3.63, 3.8) is 0 Å². The summed E-state index contributed by atoms with van der Waals surface area (Å²) >= 11 is 2.04. The molecule has 112 valence electrons. The van der Waals surface area contributed by atoms with Gasteiger partial charge in [-0.1, -0.05) is 18.2 Å². The van der Waals surface area contributed by atoms with Crippen LogP contribution in [-0.2, 0) is 6.54 Å². The van der Waals surface area contributed by atoms with Gasteiger partial charge in [0.25, 0.3) is 0 Å². The van der Waals surface area contributed by atoms with Crippen LogP contribution in [0.15, 0.2) is 34.7 Å². The van der Waals surface area contributed by atoms with E-state index >= 15 is 0 Å². The van der Waals surface area contributed by atoms with Crippen LogP contribution in [0.4, 0.5) is 0 Å². The van der Waals surface area contributed by atoms with Gasteiger partial charge in [0, 0.05) is 43.2 Å². The van der Waals surface area contributed by atoms with Gasteiger partial charge in [-0.15, -0.1) is 10.2 Å². The van der Waals surface area contributed by atoms with E-state index in [2.05, 4.69) is 20.4 Å². The van der Waals surface area contributed by atoms with Gasteiger partial charge >= 0.3 is 0 Å². The summed E-state index contributed by atoms with van der Waals surface area (Å²) in [6.45, 7) is 5.06. The molecular formula is C15H20N4OS. The lowest BCUT2D eigenvalue weighted by Gasteiger charge is -2.25. The second-order valence-electron chi connectivity index (χ2n) is 5.00. The van der Waals surface area contributed by atoms with E-state index in [1.165, 1.54) is 24.6 Å². The number of benzene rings is 1. The molecule has 0 unspecified atom stereocenters. The molecule has 21 heavy (non-hydrogen) atoms. The maximum absolute atomic E-state index is 5.66. The van der Waals surface area contributed by atoms with Gasteiger partial charge in [0.05, 0.1) is 6.54 Å². The predicted molar refractivity (Wildman–Crippen MR) is 85.2 cm³/mol. The van der Waals surface area contributed by atoms with Gasteiger partial charge in [-0.05, 0) is 12.1 Å². The summed E-state index contributed by atoms with van der Waals surface area (Å²) in [4.78, 5) is 2.49. The molecule has 1 aliphatic heterocycles. The van der Waals surface area contributed by atoms with E-state index in [0.717, 1.165) is 18.7 Å². The minimum absolute atomic E-state index is 0.584. The first kappa shape index (κ1) is 14.6. The number of thioether (sulfide) groups is 1. The zero-order chi connectivity index (χ0) is 14.3. The lowest BCUT2D eigenvalue weighted by molar-refractivity contribution is 0.299. The average Bonchev–Trinajstić information content (AvgIpc) is 3.02. The molecule has 1 fully saturated rings. The Morgan fingerprint density at radius 1 is 1.14 bits per heavy atom. The van der Waals surface area contributed by atoms with Crippen molar-refractivity contribution in [1.29, 1.82) is 0 Å². The molecule has 0 bridgehead atoms. The van der Waals surface area contributed by atoms with Crippen LogP contribution >= 0.6 is 11.8 Å². The zero-order valence-corrected chi connectivity index (χ0v) is 12.8. The van der Waals surface area contributed by atoms with E-state index in [4.69, 9.17) is 4.42 Å². The van der Waals surface area contributed by atoms with Crippen molar-refractivity contribution in [3.8, 4) is 11.5 Å². The highest BCUT2D eigenvalue weighted by Crippen LogP contribution is 2.16. The summed E-state index contributed by atoms with van der Waals surface area (Å²) < 4.78 is 5.66. The van der Waals surface area contributed by atoms with E-state index in [9.17, 15) is 0 Å². The van der Waals surface area contributed by atoms with Crippen molar-refractivity contribution >= 4 is 11.8 Å². The Bertz CT molecular complexity index is 540. The first-order valence-electron chi connectivity index (χ1n) is 7.30. The second-order valence-corrected chi connectivity index (χ2v) is 6.22. The van der Waals surface area contributed by atoms with Crippen LogP contribution in [0.5, 0.6) is 0 Å². The first-order chi connectivity index (χ1) is 10.4. The van der Waals surface area contributed by atoms with Crippen molar-refractivity contribution in [2.75, 3.05) is 37.7 Å². The Hall–Kier alpha value is -1.37. The molecule has 0 radical (unpaired) electrons. The number of nitrogens with zero attached hydrogens (tertiary/aromatic N) is 3. The van der Waals surface area contributed by atoms with E-state index < -0.39 is 0 Å². The molecule has 1 N–H and O–H groups in total. The quantitative estimate of drug-likeness (QED) is 0.822. The van der Waals surface area contributed by atoms with Gasteiger partial charge in [-0.25, -0.2) is 0 Å². The minimum atomic E-state index is 0.584. The lowest BCUT2D eigenvalue weighted by Crippen LogP contribution is -2.37. The minimum Gasteiger partial charge on any atom is -0.419 e. The maximum atomic E-state index is 5.66. The Morgan fingerprint density at radius 2 is 1.95 bits per heavy atom. The van der Waals surface area contributed by atoms with Crippen molar-refractivity contribution < 1.29 is 4.42 Å². The highest BCUT2D eigenvalue weighted by molar-refractivity contribution is 7.99. The van der Waals surface area contributed by atoms with Crippen LogP contribution < -0.4 is 5.32 Å². The highest BCUT2D eigenvalue weighted by Gasteiger charge is 2.10. The van der Waals surface area contributed by atoms with Crippen LogP contribution in [0.1, 0.15) is 5.89 Å². The summed E-state index contributed by atoms with van der Waals surface area (Å²) in [6, 6.07) is 9.85. The molecule has 1 aromatic heterocycles. The number of hydrogen-bond donors (Lipinski definition) is 1. The van der Waals surface area contributed by atoms with Crippen molar-refractivity contribution in [1.82, 2.24) is 20.4 Å². The molecule has 0 amide bonds. The average molecular weight is 304 g/mol. The van der Waals surface area contributed by atoms with Gasteiger partial charge in [-0.3, -0.25) is 0 Å². The SMILES string of the molecule is c1ccc(-c2nnc(CNCCN3CCSCC3)o2)cc1. The topological polar surface area (TPSA) is 54.2 Å². The molecule has 5 nitrogen and oxygen atoms in total. The fourth-order valence-corrected chi connectivity index (χ4v) is 3.26. The fraction of sp³-hybridized carbons (Fsp3) is 0.467. The lowest BCUT2D eigenvalue weighted by atomic mass is 10.2. The Balaban J connectivity index is 1.42. The van der Waals surface area contributed by atoms with E-state index in [-0.39, 0.29) is 0 Å². The molecule has 0 spiro atoms. The molecule has 0 saturated carbocycles. The molecular weight excluding hydrogens is 284 g/mol. The standard InChI is InChI=1S/C15H20N4OS/c1-2-4-13(5-3-1)15-18-17-14(20-15)12-16-6-7-19-8-10-21-11-9-19/h1-5,16H,6-12H2. The Labute approximate surface area is 129 Å². The Morgan fingerprint density at radius 3 is 2.76 bits per heavy atom. The molecule has 1 aromatic carbocycles. The van der Waals surface area contributed by atoms with Gasteiger partial charge < -0.3 is 14.6 Å². The fourth-order valence-electron chi connectivity index (χ4n) is 2.28. The zero-order valence-electron chi connectivity index (χ0n) is 12.0. The highest BCUT2D eigenvalue weighted by atomic mass is 32.2. The van der Waals surface area contributed by atoms with Crippen LogP contribution in [0, 0.1) is 0 Å². The van der Waals surface area contributed by atoms with Crippen LogP contribution in [0.3, 0.4) is 0 Å². The molecule has 2 heterocycles. The van der Waals surface area contributed by atoms with Crippen molar-refractivity contribution in [2.24, 2.45) is 0 Å². The summed E-state index contributed by atoms with van der Waals surface area (Å²) in [7, 11) is 0. The van der Waals surface area contributed by atoms with Crippen molar-refractivity contribution in [2.45, 2.75) is 6.54 Å². The van der Waals surface area contributed by atoms with E-state index in [0.29, 0.717) is 18.3 Å². The molecule has 1 saturated heterocycles. The van der Waals surface area contributed by atoms with Crippen LogP contribution in [0.25, 0.3) is 11.5 Å². The number of aromatic nitrogens is 2. The van der Waals surface area contributed by atoms with Gasteiger partial charge in [0.2, 0.25) is 11.8 Å². The van der Waals surface area contributed by atoms with Crippen LogP contribution in [0.2, 0.25) is 0 Å². The number of hydrogen-bond acceptors (Lipinski definition) is 6. The monoisotopic (exact) mass is 304 g/mol. The van der Waals surface area contributed by atoms with E-state index in [1.807, 2.05) is 42.1 Å². The third-order valence-electron chi connectivity index (χ3n) is 3.47. The smallest absolute Gasteiger partial charge is 0.247 e. The molecule has 2 aromatic rings. The molecule has 0 aliphatic carbocycles. The predicted octanol–water partition coefficient (Wildman–Crippen LogP) is 1.88. The Kier molecular flexibility index (Phi) is 5.26. The van der Waals surface area contributed by atoms with Crippen LogP contribution in [-0.4, -0.2) is 52.8 Å². The first-order valence-corrected chi connectivity index (χ1v) is 8.46.